The number of amides is 1. The van der Waals surface area contributed by atoms with Crippen LogP contribution in [0.5, 0.6) is 0 Å². The molecule has 0 atom stereocenters. The van der Waals surface area contributed by atoms with Crippen LogP contribution in [0.25, 0.3) is 0 Å². The van der Waals surface area contributed by atoms with Crippen LogP contribution in [-0.2, 0) is 12.8 Å². The number of anilines is 1. The highest BCUT2D eigenvalue weighted by molar-refractivity contribution is 7.12. The van der Waals surface area contributed by atoms with Gasteiger partial charge in [-0.05, 0) is 54.3 Å². The van der Waals surface area contributed by atoms with Gasteiger partial charge in [-0.2, -0.15) is 0 Å². The SMILES string of the molecule is O=C(Nc1ccccc1)c1scc2c1CCCC2. The lowest BCUT2D eigenvalue weighted by Crippen LogP contribution is -2.13. The Morgan fingerprint density at radius 2 is 1.89 bits per heavy atom. The van der Waals surface area contributed by atoms with Crippen LogP contribution in [0, 0.1) is 0 Å². The van der Waals surface area contributed by atoms with Gasteiger partial charge in [0.25, 0.3) is 5.91 Å². The van der Waals surface area contributed by atoms with E-state index in [0.29, 0.717) is 0 Å². The second-order valence-corrected chi connectivity index (χ2v) is 5.48. The molecule has 18 heavy (non-hydrogen) atoms. The van der Waals surface area contributed by atoms with E-state index in [4.69, 9.17) is 0 Å². The van der Waals surface area contributed by atoms with Gasteiger partial charge in [-0.25, -0.2) is 0 Å². The fourth-order valence-corrected chi connectivity index (χ4v) is 3.47. The van der Waals surface area contributed by atoms with Gasteiger partial charge in [-0.15, -0.1) is 11.3 Å². The van der Waals surface area contributed by atoms with Crippen molar-refractivity contribution in [1.29, 1.82) is 0 Å². The molecule has 0 radical (unpaired) electrons. The predicted octanol–water partition coefficient (Wildman–Crippen LogP) is 3.88. The largest absolute Gasteiger partial charge is 0.321 e. The number of hydrogen-bond donors (Lipinski definition) is 1. The minimum atomic E-state index is 0.0364. The number of carbonyl (C=O) groups is 1. The Labute approximate surface area is 111 Å². The molecule has 92 valence electrons. The number of aryl methyl sites for hydroxylation is 1. The highest BCUT2D eigenvalue weighted by Gasteiger charge is 2.20. The number of para-hydroxylation sites is 1. The zero-order valence-corrected chi connectivity index (χ0v) is 10.9. The zero-order valence-electron chi connectivity index (χ0n) is 10.1. The van der Waals surface area contributed by atoms with Gasteiger partial charge >= 0.3 is 0 Å². The maximum absolute atomic E-state index is 12.2. The van der Waals surface area contributed by atoms with Crippen molar-refractivity contribution in [3.05, 3.63) is 51.7 Å². The maximum atomic E-state index is 12.2. The van der Waals surface area contributed by atoms with Crippen molar-refractivity contribution in [2.24, 2.45) is 0 Å². The molecule has 1 heterocycles. The standard InChI is InChI=1S/C15H15NOS/c17-15(16-12-7-2-1-3-8-12)14-13-9-5-4-6-11(13)10-18-14/h1-3,7-8,10H,4-6,9H2,(H,16,17). The number of nitrogens with one attached hydrogen (secondary N) is 1. The zero-order chi connectivity index (χ0) is 12.4. The van der Waals surface area contributed by atoms with Gasteiger partial charge in [0.1, 0.15) is 0 Å². The average Bonchev–Trinajstić information content (AvgIpc) is 2.84. The van der Waals surface area contributed by atoms with Gasteiger partial charge in [-0.1, -0.05) is 18.2 Å². The topological polar surface area (TPSA) is 29.1 Å². The normalized spacial score (nSPS) is 14.0. The Balaban J connectivity index is 1.83. The monoisotopic (exact) mass is 257 g/mol. The summed E-state index contributed by atoms with van der Waals surface area (Å²) >= 11 is 1.58. The molecule has 1 N–H and O–H groups in total. The first kappa shape index (κ1) is 11.5. The van der Waals surface area contributed by atoms with Crippen LogP contribution in [-0.4, -0.2) is 5.91 Å². The molecule has 0 unspecified atom stereocenters. The van der Waals surface area contributed by atoms with Gasteiger partial charge < -0.3 is 5.32 Å². The van der Waals surface area contributed by atoms with Crippen LogP contribution in [0.4, 0.5) is 5.69 Å². The van der Waals surface area contributed by atoms with E-state index in [-0.39, 0.29) is 5.91 Å². The first-order valence-corrected chi connectivity index (χ1v) is 7.18. The van der Waals surface area contributed by atoms with Gasteiger partial charge in [0.2, 0.25) is 0 Å². The van der Waals surface area contributed by atoms with Crippen molar-refractivity contribution in [2.75, 3.05) is 5.32 Å². The second kappa shape index (κ2) is 4.94. The first-order valence-electron chi connectivity index (χ1n) is 6.30. The Bertz CT molecular complexity index is 559. The van der Waals surface area contributed by atoms with Crippen LogP contribution >= 0.6 is 11.3 Å². The van der Waals surface area contributed by atoms with Crippen molar-refractivity contribution in [2.45, 2.75) is 25.7 Å². The van der Waals surface area contributed by atoms with E-state index < -0.39 is 0 Å². The fraction of sp³-hybridized carbons (Fsp3) is 0.267. The molecule has 1 aromatic carbocycles. The van der Waals surface area contributed by atoms with E-state index in [1.165, 1.54) is 24.0 Å². The van der Waals surface area contributed by atoms with E-state index in [2.05, 4.69) is 10.7 Å². The van der Waals surface area contributed by atoms with E-state index >= 15 is 0 Å². The number of thiophene rings is 1. The molecule has 1 aromatic heterocycles. The van der Waals surface area contributed by atoms with Gasteiger partial charge in [0.05, 0.1) is 4.88 Å². The molecule has 0 saturated heterocycles. The highest BCUT2D eigenvalue weighted by atomic mass is 32.1. The van der Waals surface area contributed by atoms with Crippen LogP contribution in [0.1, 0.15) is 33.6 Å². The minimum Gasteiger partial charge on any atom is -0.321 e. The molecular formula is C15H15NOS. The molecule has 2 aromatic rings. The van der Waals surface area contributed by atoms with E-state index in [9.17, 15) is 4.79 Å². The number of carbonyl (C=O) groups excluding carboxylic acids is 1. The van der Waals surface area contributed by atoms with E-state index in [1.807, 2.05) is 30.3 Å². The summed E-state index contributed by atoms with van der Waals surface area (Å²) in [6.07, 6.45) is 4.64. The number of hydrogen-bond acceptors (Lipinski definition) is 2. The summed E-state index contributed by atoms with van der Waals surface area (Å²) in [7, 11) is 0. The second-order valence-electron chi connectivity index (χ2n) is 4.60. The van der Waals surface area contributed by atoms with Crippen molar-refractivity contribution in [3.63, 3.8) is 0 Å². The fourth-order valence-electron chi connectivity index (χ4n) is 2.42. The molecule has 3 rings (SSSR count). The molecular weight excluding hydrogens is 242 g/mol. The molecule has 0 saturated carbocycles. The smallest absolute Gasteiger partial charge is 0.266 e. The summed E-state index contributed by atoms with van der Waals surface area (Å²) < 4.78 is 0. The molecule has 0 aliphatic heterocycles. The van der Waals surface area contributed by atoms with Crippen molar-refractivity contribution >= 4 is 22.9 Å². The third-order valence-electron chi connectivity index (χ3n) is 3.34. The van der Waals surface area contributed by atoms with Crippen LogP contribution in [0.2, 0.25) is 0 Å². The third kappa shape index (κ3) is 2.18. The summed E-state index contributed by atoms with van der Waals surface area (Å²) in [6, 6.07) is 9.64. The molecule has 2 nitrogen and oxygen atoms in total. The van der Waals surface area contributed by atoms with Crippen molar-refractivity contribution in [3.8, 4) is 0 Å². The first-order chi connectivity index (χ1) is 8.84. The van der Waals surface area contributed by atoms with Crippen LogP contribution in [0.3, 0.4) is 0 Å². The Morgan fingerprint density at radius 3 is 2.72 bits per heavy atom. The summed E-state index contributed by atoms with van der Waals surface area (Å²) in [5.41, 5.74) is 3.52. The van der Waals surface area contributed by atoms with Crippen LogP contribution < -0.4 is 5.32 Å². The lowest BCUT2D eigenvalue weighted by atomic mass is 9.94. The quantitative estimate of drug-likeness (QED) is 0.869. The molecule has 1 aliphatic rings. The lowest BCUT2D eigenvalue weighted by Gasteiger charge is -2.12. The van der Waals surface area contributed by atoms with E-state index in [0.717, 1.165) is 23.4 Å². The Hall–Kier alpha value is -1.61. The molecule has 0 bridgehead atoms. The summed E-state index contributed by atoms with van der Waals surface area (Å²) in [4.78, 5) is 13.1. The maximum Gasteiger partial charge on any atom is 0.266 e. The molecule has 1 aliphatic carbocycles. The molecule has 3 heteroatoms. The van der Waals surface area contributed by atoms with Crippen molar-refractivity contribution in [1.82, 2.24) is 0 Å². The van der Waals surface area contributed by atoms with E-state index in [1.54, 1.807) is 11.3 Å². The highest BCUT2D eigenvalue weighted by Crippen LogP contribution is 2.30. The number of benzene rings is 1. The molecule has 0 fully saturated rings. The van der Waals surface area contributed by atoms with Crippen LogP contribution in [0.15, 0.2) is 35.7 Å². The lowest BCUT2D eigenvalue weighted by molar-refractivity contribution is 0.102. The Kier molecular flexibility index (Phi) is 3.15. The third-order valence-corrected chi connectivity index (χ3v) is 4.41. The minimum absolute atomic E-state index is 0.0364. The molecule has 0 spiro atoms. The molecule has 1 amide bonds. The summed E-state index contributed by atoms with van der Waals surface area (Å²) in [6.45, 7) is 0. The Morgan fingerprint density at radius 1 is 1.11 bits per heavy atom. The van der Waals surface area contributed by atoms with Crippen molar-refractivity contribution < 1.29 is 4.79 Å². The van der Waals surface area contributed by atoms with Gasteiger partial charge in [-0.3, -0.25) is 4.79 Å². The van der Waals surface area contributed by atoms with Gasteiger partial charge in [0.15, 0.2) is 0 Å². The van der Waals surface area contributed by atoms with Gasteiger partial charge in [0, 0.05) is 5.69 Å². The summed E-state index contributed by atoms with van der Waals surface area (Å²) in [5.74, 6) is 0.0364. The predicted molar refractivity (Wildman–Crippen MR) is 75.4 cm³/mol. The average molecular weight is 257 g/mol. The summed E-state index contributed by atoms with van der Waals surface area (Å²) in [5, 5.41) is 5.11. The number of fused-ring (bicyclic) bond motifs is 1. The number of rotatable bonds is 2.